The highest BCUT2D eigenvalue weighted by Gasteiger charge is 2.39. The first kappa shape index (κ1) is 29.0. The van der Waals surface area contributed by atoms with Gasteiger partial charge >= 0.3 is 0 Å². The van der Waals surface area contributed by atoms with Gasteiger partial charge in [0.15, 0.2) is 0 Å². The lowest BCUT2D eigenvalue weighted by molar-refractivity contribution is -0.143. The van der Waals surface area contributed by atoms with Crippen LogP contribution in [-0.2, 0) is 16.1 Å². The maximum atomic E-state index is 14.4. The van der Waals surface area contributed by atoms with Crippen LogP contribution < -0.4 is 10.1 Å². The van der Waals surface area contributed by atoms with Crippen molar-refractivity contribution in [3.05, 3.63) is 94.4 Å². The molecule has 3 amide bonds. The predicted molar refractivity (Wildman–Crippen MR) is 155 cm³/mol. The van der Waals surface area contributed by atoms with E-state index in [1.165, 1.54) is 29.3 Å². The van der Waals surface area contributed by atoms with E-state index >= 15 is 0 Å². The summed E-state index contributed by atoms with van der Waals surface area (Å²) >= 11 is 6.04. The highest BCUT2D eigenvalue weighted by Crippen LogP contribution is 2.23. The van der Waals surface area contributed by atoms with E-state index in [9.17, 15) is 18.8 Å². The lowest BCUT2D eigenvalue weighted by Gasteiger charge is -2.41. The molecule has 1 aromatic heterocycles. The maximum absolute atomic E-state index is 14.4. The zero-order chi connectivity index (χ0) is 29.9. The average molecular weight is 608 g/mol. The number of pyridine rings is 1. The molecule has 0 spiro atoms. The van der Waals surface area contributed by atoms with Crippen molar-refractivity contribution in [2.45, 2.75) is 24.7 Å². The van der Waals surface area contributed by atoms with Crippen LogP contribution in [0.15, 0.2) is 66.9 Å². The van der Waals surface area contributed by atoms with Gasteiger partial charge in [-0.05, 0) is 42.0 Å². The lowest BCUT2D eigenvalue weighted by Crippen LogP contribution is -2.59. The van der Waals surface area contributed by atoms with Gasteiger partial charge in [0, 0.05) is 50.5 Å². The number of amides is 3. The van der Waals surface area contributed by atoms with Crippen molar-refractivity contribution in [2.75, 3.05) is 45.9 Å². The fourth-order valence-corrected chi connectivity index (χ4v) is 5.94. The molecule has 0 unspecified atom stereocenters. The topological polar surface area (TPSA) is 104 Å². The molecular formula is C31H31ClFN5O5. The summed E-state index contributed by atoms with van der Waals surface area (Å²) in [4.78, 5) is 49.7. The van der Waals surface area contributed by atoms with Crippen molar-refractivity contribution in [2.24, 2.45) is 0 Å². The Morgan fingerprint density at radius 3 is 2.65 bits per heavy atom. The van der Waals surface area contributed by atoms with E-state index in [0.717, 1.165) is 5.56 Å². The molecule has 3 atom stereocenters. The molecule has 1 N–H and O–H groups in total. The molecule has 0 aliphatic carbocycles. The first-order valence-electron chi connectivity index (χ1n) is 14.2. The highest BCUT2D eigenvalue weighted by molar-refractivity contribution is 6.30. The van der Waals surface area contributed by atoms with Crippen molar-refractivity contribution in [3.8, 4) is 5.88 Å². The van der Waals surface area contributed by atoms with Gasteiger partial charge in [-0.3, -0.25) is 19.3 Å². The molecule has 2 aromatic carbocycles. The van der Waals surface area contributed by atoms with Crippen LogP contribution in [0.25, 0.3) is 0 Å². The summed E-state index contributed by atoms with van der Waals surface area (Å²) in [5, 5.41) is 3.72. The Morgan fingerprint density at radius 2 is 1.84 bits per heavy atom. The Hall–Kier alpha value is -4.06. The van der Waals surface area contributed by atoms with E-state index in [1.807, 2.05) is 24.3 Å². The van der Waals surface area contributed by atoms with Gasteiger partial charge < -0.3 is 24.6 Å². The Morgan fingerprint density at radius 1 is 1.02 bits per heavy atom. The number of rotatable bonds is 3. The number of aromatic nitrogens is 1. The van der Waals surface area contributed by atoms with Crippen LogP contribution in [0.1, 0.15) is 26.3 Å². The lowest BCUT2D eigenvalue weighted by atomic mass is 10.1. The normalized spacial score (nSPS) is 23.1. The van der Waals surface area contributed by atoms with Crippen molar-refractivity contribution < 1.29 is 28.2 Å². The number of halogens is 2. The van der Waals surface area contributed by atoms with Gasteiger partial charge in [-0.2, -0.15) is 0 Å². The summed E-state index contributed by atoms with van der Waals surface area (Å²) in [5.74, 6) is -1.56. The molecule has 3 aliphatic heterocycles. The van der Waals surface area contributed by atoms with E-state index in [-0.39, 0.29) is 67.7 Å². The molecule has 224 valence electrons. The monoisotopic (exact) mass is 607 g/mol. The van der Waals surface area contributed by atoms with Gasteiger partial charge in [-0.15, -0.1) is 0 Å². The number of hydrogen-bond donors (Lipinski definition) is 1. The van der Waals surface area contributed by atoms with E-state index in [1.54, 1.807) is 23.1 Å². The van der Waals surface area contributed by atoms with Crippen LogP contribution in [0.2, 0.25) is 5.02 Å². The summed E-state index contributed by atoms with van der Waals surface area (Å²) in [7, 11) is 0. The predicted octanol–water partition coefficient (Wildman–Crippen LogP) is 2.62. The van der Waals surface area contributed by atoms with E-state index in [0.29, 0.717) is 24.7 Å². The number of likely N-dealkylation sites (tertiary alicyclic amines) is 1. The van der Waals surface area contributed by atoms with Gasteiger partial charge in [0.2, 0.25) is 11.8 Å². The molecular weight excluding hydrogens is 577 g/mol. The zero-order valence-electron chi connectivity index (χ0n) is 23.3. The molecule has 6 rings (SSSR count). The molecule has 0 radical (unpaired) electrons. The van der Waals surface area contributed by atoms with Gasteiger partial charge in [-0.1, -0.05) is 35.9 Å². The first-order chi connectivity index (χ1) is 20.9. The Balaban J connectivity index is 1.23. The minimum Gasteiger partial charge on any atom is -0.475 e. The largest absolute Gasteiger partial charge is 0.475 e. The zero-order valence-corrected chi connectivity index (χ0v) is 24.1. The molecule has 0 saturated carbocycles. The number of carbonyl (C=O) groups excluding carboxylic acids is 3. The van der Waals surface area contributed by atoms with Crippen molar-refractivity contribution >= 4 is 29.3 Å². The van der Waals surface area contributed by atoms with Crippen LogP contribution in [0.4, 0.5) is 4.39 Å². The van der Waals surface area contributed by atoms with E-state index in [4.69, 9.17) is 21.1 Å². The molecule has 12 heteroatoms. The van der Waals surface area contributed by atoms with Crippen LogP contribution in [0.3, 0.4) is 0 Å². The Bertz CT molecular complexity index is 1510. The number of fused-ring (bicyclic) bond motifs is 3. The van der Waals surface area contributed by atoms with Gasteiger partial charge in [0.05, 0.1) is 23.8 Å². The molecule has 4 heterocycles. The summed E-state index contributed by atoms with van der Waals surface area (Å²) in [5.41, 5.74) is 1.29. The second-order valence-corrected chi connectivity index (χ2v) is 11.3. The molecule has 0 bridgehead atoms. The number of piperazine rings is 1. The number of ether oxygens (including phenoxy) is 2. The minimum absolute atomic E-state index is 0.0220. The first-order valence-corrected chi connectivity index (χ1v) is 14.5. The number of nitrogens with one attached hydrogen (secondary N) is 1. The molecule has 2 fully saturated rings. The van der Waals surface area contributed by atoms with E-state index < -0.39 is 23.9 Å². The maximum Gasteiger partial charge on any atom is 0.257 e. The molecule has 3 aliphatic rings. The van der Waals surface area contributed by atoms with E-state index in [2.05, 4.69) is 15.2 Å². The van der Waals surface area contributed by atoms with Crippen molar-refractivity contribution in [1.29, 1.82) is 0 Å². The Kier molecular flexibility index (Phi) is 8.55. The summed E-state index contributed by atoms with van der Waals surface area (Å²) in [6.45, 7) is 1.99. The quantitative estimate of drug-likeness (QED) is 0.488. The van der Waals surface area contributed by atoms with Crippen LogP contribution in [0, 0.1) is 5.82 Å². The third-order valence-electron chi connectivity index (χ3n) is 8.02. The van der Waals surface area contributed by atoms with Crippen molar-refractivity contribution in [1.82, 2.24) is 25.0 Å². The van der Waals surface area contributed by atoms with Gasteiger partial charge in [-0.25, -0.2) is 9.37 Å². The summed E-state index contributed by atoms with van der Waals surface area (Å²) in [6, 6.07) is 15.7. The number of hydrogen-bond acceptors (Lipinski definition) is 7. The molecule has 3 aromatic rings. The second kappa shape index (κ2) is 12.7. The SMILES string of the molecule is O=C1N[C@@H]2CN(Cc3ccc(Cl)cc3)C[C@@H]2OCC(=O)N2CCN(C(=O)c3ccccc3F)C[C@H]2COc2ncccc21. The standard InChI is InChI=1S/C31H31ClFN5O5/c32-21-9-7-20(8-10-21)14-36-16-26-27(17-36)42-19-28(39)38-13-12-37(31(41)23-4-1-2-6-25(23)33)15-22(38)18-43-30-24(29(40)35-26)5-3-11-34-30/h1-11,22,26-27H,12-19H2,(H,35,40)/t22-,26+,27-/m0/s1. The second-order valence-electron chi connectivity index (χ2n) is 10.9. The molecule has 2 saturated heterocycles. The fourth-order valence-electron chi connectivity index (χ4n) is 5.81. The highest BCUT2D eigenvalue weighted by atomic mass is 35.5. The van der Waals surface area contributed by atoms with Gasteiger partial charge in [0.1, 0.15) is 24.6 Å². The number of carbonyl (C=O) groups is 3. The third kappa shape index (κ3) is 6.48. The summed E-state index contributed by atoms with van der Waals surface area (Å²) < 4.78 is 26.6. The molecule has 10 nitrogen and oxygen atoms in total. The molecule has 43 heavy (non-hydrogen) atoms. The number of benzene rings is 2. The average Bonchev–Trinajstić information content (AvgIpc) is 3.39. The smallest absolute Gasteiger partial charge is 0.257 e. The van der Waals surface area contributed by atoms with Crippen LogP contribution in [0.5, 0.6) is 5.88 Å². The van der Waals surface area contributed by atoms with Crippen molar-refractivity contribution in [3.63, 3.8) is 0 Å². The van der Waals surface area contributed by atoms with Crippen LogP contribution >= 0.6 is 11.6 Å². The Labute approximate surface area is 253 Å². The van der Waals surface area contributed by atoms with Gasteiger partial charge in [0.25, 0.3) is 11.8 Å². The summed E-state index contributed by atoms with van der Waals surface area (Å²) in [6.07, 6.45) is 1.08. The minimum atomic E-state index is -0.606. The third-order valence-corrected chi connectivity index (χ3v) is 8.27. The number of nitrogens with zero attached hydrogens (tertiary/aromatic N) is 4. The fraction of sp³-hybridized carbons (Fsp3) is 0.355. The van der Waals surface area contributed by atoms with Crippen LogP contribution in [-0.4, -0.2) is 102 Å².